The van der Waals surface area contributed by atoms with Crippen molar-refractivity contribution in [3.8, 4) is 0 Å². The van der Waals surface area contributed by atoms with Crippen LogP contribution in [0, 0.1) is 11.8 Å². The molecular formula is C17H28N4. The van der Waals surface area contributed by atoms with E-state index in [9.17, 15) is 0 Å². The Balaban J connectivity index is 1.80. The number of nitrogens with one attached hydrogen (secondary N) is 1. The molecule has 4 nitrogen and oxygen atoms in total. The Morgan fingerprint density at radius 1 is 1.05 bits per heavy atom. The number of rotatable bonds is 3. The molecule has 2 aliphatic rings. The maximum Gasteiger partial charge on any atom is 0.147 e. The van der Waals surface area contributed by atoms with Crippen molar-refractivity contribution in [1.29, 1.82) is 0 Å². The molecule has 0 amide bonds. The fourth-order valence-corrected chi connectivity index (χ4v) is 3.96. The first-order chi connectivity index (χ1) is 10.2. The van der Waals surface area contributed by atoms with Gasteiger partial charge in [0.25, 0.3) is 0 Å². The van der Waals surface area contributed by atoms with Gasteiger partial charge in [-0.25, -0.2) is 15.8 Å². The lowest BCUT2D eigenvalue weighted by Crippen LogP contribution is -2.22. The Kier molecular flexibility index (Phi) is 4.43. The van der Waals surface area contributed by atoms with Crippen LogP contribution in [-0.4, -0.2) is 9.97 Å². The molecule has 0 atom stereocenters. The second kappa shape index (κ2) is 6.30. The highest BCUT2D eigenvalue weighted by atomic mass is 15.3. The molecule has 1 heterocycles. The van der Waals surface area contributed by atoms with Crippen molar-refractivity contribution in [3.05, 3.63) is 17.1 Å². The molecular weight excluding hydrogens is 260 g/mol. The van der Waals surface area contributed by atoms with Gasteiger partial charge in [0.15, 0.2) is 0 Å². The van der Waals surface area contributed by atoms with Crippen LogP contribution in [0.25, 0.3) is 0 Å². The molecule has 1 saturated carbocycles. The molecule has 1 fully saturated rings. The summed E-state index contributed by atoms with van der Waals surface area (Å²) >= 11 is 0. The summed E-state index contributed by atoms with van der Waals surface area (Å²) in [5.41, 5.74) is 5.30. The first-order valence-corrected chi connectivity index (χ1v) is 8.55. The quantitative estimate of drug-likeness (QED) is 0.659. The Morgan fingerprint density at radius 2 is 1.76 bits per heavy atom. The third kappa shape index (κ3) is 3.05. The third-order valence-electron chi connectivity index (χ3n) is 5.42. The van der Waals surface area contributed by atoms with E-state index in [1.54, 1.807) is 0 Å². The van der Waals surface area contributed by atoms with Gasteiger partial charge in [0.05, 0.1) is 0 Å². The number of aromatic nitrogens is 2. The number of nitrogens with zero attached hydrogens (tertiary/aromatic N) is 2. The summed E-state index contributed by atoms with van der Waals surface area (Å²) in [6.45, 7) is 4.69. The van der Waals surface area contributed by atoms with Gasteiger partial charge in [-0.15, -0.1) is 0 Å². The van der Waals surface area contributed by atoms with Crippen LogP contribution in [0.15, 0.2) is 0 Å². The largest absolute Gasteiger partial charge is 0.308 e. The van der Waals surface area contributed by atoms with Crippen molar-refractivity contribution in [2.24, 2.45) is 17.7 Å². The summed E-state index contributed by atoms with van der Waals surface area (Å²) in [5, 5.41) is 0. The molecule has 0 saturated heterocycles. The fourth-order valence-electron chi connectivity index (χ4n) is 3.96. The van der Waals surface area contributed by atoms with E-state index in [-0.39, 0.29) is 0 Å². The number of nitrogens with two attached hydrogens (primary N) is 1. The summed E-state index contributed by atoms with van der Waals surface area (Å²) in [6, 6.07) is 0. The summed E-state index contributed by atoms with van der Waals surface area (Å²) < 4.78 is 0. The van der Waals surface area contributed by atoms with Gasteiger partial charge >= 0.3 is 0 Å². The first-order valence-electron chi connectivity index (χ1n) is 8.55. The predicted octanol–water partition coefficient (Wildman–Crippen LogP) is 3.57. The zero-order chi connectivity index (χ0) is 14.8. The number of aryl methyl sites for hydroxylation is 1. The minimum absolute atomic E-state index is 0.527. The minimum Gasteiger partial charge on any atom is -0.308 e. The molecule has 116 valence electrons. The smallest absolute Gasteiger partial charge is 0.147 e. The van der Waals surface area contributed by atoms with E-state index >= 15 is 0 Å². The Hall–Kier alpha value is -1.16. The monoisotopic (exact) mass is 288 g/mol. The average Bonchev–Trinajstić information content (AvgIpc) is 2.53. The van der Waals surface area contributed by atoms with Crippen molar-refractivity contribution < 1.29 is 0 Å². The van der Waals surface area contributed by atoms with Crippen LogP contribution in [0.3, 0.4) is 0 Å². The molecule has 1 aromatic heterocycles. The van der Waals surface area contributed by atoms with Crippen LogP contribution in [0.5, 0.6) is 0 Å². The molecule has 0 bridgehead atoms. The number of fused-ring (bicyclic) bond motifs is 1. The Labute approximate surface area is 127 Å². The molecule has 0 spiro atoms. The molecule has 0 radical (unpaired) electrons. The van der Waals surface area contributed by atoms with Crippen molar-refractivity contribution in [2.75, 3.05) is 5.43 Å². The summed E-state index contributed by atoms with van der Waals surface area (Å²) in [5.74, 6) is 9.81. The zero-order valence-electron chi connectivity index (χ0n) is 13.4. The molecule has 3 rings (SSSR count). The summed E-state index contributed by atoms with van der Waals surface area (Å²) in [4.78, 5) is 9.66. The van der Waals surface area contributed by atoms with E-state index in [1.807, 2.05) is 0 Å². The van der Waals surface area contributed by atoms with E-state index < -0.39 is 0 Å². The number of hydrogen-bond acceptors (Lipinski definition) is 4. The molecule has 2 aliphatic carbocycles. The van der Waals surface area contributed by atoms with Gasteiger partial charge in [0.2, 0.25) is 0 Å². The van der Waals surface area contributed by atoms with Crippen LogP contribution in [-0.2, 0) is 12.8 Å². The topological polar surface area (TPSA) is 63.8 Å². The predicted molar refractivity (Wildman–Crippen MR) is 86.0 cm³/mol. The molecule has 0 aromatic carbocycles. The fraction of sp³-hybridized carbons (Fsp3) is 0.765. The van der Waals surface area contributed by atoms with Crippen LogP contribution in [0.4, 0.5) is 5.82 Å². The Bertz CT molecular complexity index is 473. The van der Waals surface area contributed by atoms with E-state index in [4.69, 9.17) is 15.8 Å². The highest BCUT2D eigenvalue weighted by Crippen LogP contribution is 2.38. The van der Waals surface area contributed by atoms with Gasteiger partial charge in [-0.2, -0.15) is 0 Å². The van der Waals surface area contributed by atoms with E-state index in [1.165, 1.54) is 49.8 Å². The van der Waals surface area contributed by atoms with Gasteiger partial charge in [0.1, 0.15) is 11.6 Å². The van der Waals surface area contributed by atoms with Crippen LogP contribution in [0.1, 0.15) is 75.4 Å². The summed E-state index contributed by atoms with van der Waals surface area (Å²) in [6.07, 6.45) is 9.70. The second-order valence-electron chi connectivity index (χ2n) is 7.06. The van der Waals surface area contributed by atoms with Crippen molar-refractivity contribution >= 4 is 5.82 Å². The molecule has 4 heteroatoms. The van der Waals surface area contributed by atoms with Gasteiger partial charge in [-0.3, -0.25) is 0 Å². The Morgan fingerprint density at radius 3 is 2.43 bits per heavy atom. The molecule has 3 N–H and O–H groups in total. The second-order valence-corrected chi connectivity index (χ2v) is 7.06. The van der Waals surface area contributed by atoms with Crippen molar-refractivity contribution in [3.63, 3.8) is 0 Å². The van der Waals surface area contributed by atoms with Gasteiger partial charge in [-0.1, -0.05) is 13.8 Å². The standard InChI is InChI=1S/C17H28N4/c1-11(2)12-7-9-13(10-8-12)16-19-15-6-4-3-5-14(15)17(20-16)21-18/h11-13H,3-10,18H2,1-2H3,(H,19,20,21). The zero-order valence-corrected chi connectivity index (χ0v) is 13.4. The number of hydrazine groups is 1. The van der Waals surface area contributed by atoms with Gasteiger partial charge < -0.3 is 5.43 Å². The lowest BCUT2D eigenvalue weighted by atomic mass is 9.76. The molecule has 0 aliphatic heterocycles. The lowest BCUT2D eigenvalue weighted by Gasteiger charge is -2.31. The minimum atomic E-state index is 0.527. The van der Waals surface area contributed by atoms with E-state index in [2.05, 4.69) is 19.3 Å². The number of hydrogen-bond donors (Lipinski definition) is 2. The van der Waals surface area contributed by atoms with Crippen molar-refractivity contribution in [1.82, 2.24) is 9.97 Å². The van der Waals surface area contributed by atoms with Gasteiger partial charge in [0, 0.05) is 17.2 Å². The van der Waals surface area contributed by atoms with Crippen LogP contribution < -0.4 is 11.3 Å². The number of anilines is 1. The third-order valence-corrected chi connectivity index (χ3v) is 5.42. The van der Waals surface area contributed by atoms with E-state index in [0.717, 1.165) is 36.3 Å². The van der Waals surface area contributed by atoms with Gasteiger partial charge in [-0.05, 0) is 63.2 Å². The lowest BCUT2D eigenvalue weighted by molar-refractivity contribution is 0.254. The molecule has 21 heavy (non-hydrogen) atoms. The number of nitrogen functional groups attached to an aromatic ring is 1. The van der Waals surface area contributed by atoms with E-state index in [0.29, 0.717) is 5.92 Å². The highest BCUT2D eigenvalue weighted by molar-refractivity contribution is 5.47. The maximum atomic E-state index is 5.69. The SMILES string of the molecule is CC(C)C1CCC(c2nc3c(c(NN)n2)CCCC3)CC1. The van der Waals surface area contributed by atoms with Crippen LogP contribution >= 0.6 is 0 Å². The normalized spacial score (nSPS) is 25.7. The summed E-state index contributed by atoms with van der Waals surface area (Å²) in [7, 11) is 0. The molecule has 0 unspecified atom stereocenters. The highest BCUT2D eigenvalue weighted by Gasteiger charge is 2.27. The maximum absolute atomic E-state index is 5.69. The molecule has 1 aromatic rings. The first kappa shape index (κ1) is 14.8. The average molecular weight is 288 g/mol. The van der Waals surface area contributed by atoms with Crippen molar-refractivity contribution in [2.45, 2.75) is 71.1 Å². The van der Waals surface area contributed by atoms with Crippen LogP contribution in [0.2, 0.25) is 0 Å².